The smallest absolute Gasteiger partial charge is 0.316 e. The van der Waals surface area contributed by atoms with E-state index in [9.17, 15) is 13.2 Å². The summed E-state index contributed by atoms with van der Waals surface area (Å²) in [5.41, 5.74) is 10.2. The van der Waals surface area contributed by atoms with E-state index in [0.29, 0.717) is 30.2 Å². The van der Waals surface area contributed by atoms with Crippen molar-refractivity contribution in [3.05, 3.63) is 17.1 Å². The summed E-state index contributed by atoms with van der Waals surface area (Å²) < 4.78 is 28.4. The third-order valence-electron chi connectivity index (χ3n) is 6.17. The molecule has 10 nitrogen and oxygen atoms in total. The van der Waals surface area contributed by atoms with Gasteiger partial charge in [-0.2, -0.15) is 4.31 Å². The number of nitrogen functional groups attached to an aromatic ring is 1. The number of anilines is 1. The summed E-state index contributed by atoms with van der Waals surface area (Å²) >= 11 is 0. The topological polar surface area (TPSA) is 126 Å². The molecule has 2 aromatic rings. The first kappa shape index (κ1) is 21.8. The summed E-state index contributed by atoms with van der Waals surface area (Å²) in [5.74, 6) is 1.13. The van der Waals surface area contributed by atoms with E-state index in [1.807, 2.05) is 0 Å². The van der Waals surface area contributed by atoms with E-state index < -0.39 is 10.0 Å². The first-order valence-electron chi connectivity index (χ1n) is 10.7. The Morgan fingerprint density at radius 2 is 2.00 bits per heavy atom. The SMILES string of the molecule is CN(C)C(=O)NCCC[C@H]1CN(S(C)(=O)=O)Cc2nc3c(N)nc4c(c3n21)CCCC4. The van der Waals surface area contributed by atoms with E-state index in [4.69, 9.17) is 10.7 Å². The Morgan fingerprint density at radius 1 is 1.26 bits per heavy atom. The number of nitrogens with two attached hydrogens (primary N) is 1. The Morgan fingerprint density at radius 3 is 2.71 bits per heavy atom. The fourth-order valence-electron chi connectivity index (χ4n) is 4.62. The van der Waals surface area contributed by atoms with Crippen LogP contribution >= 0.6 is 0 Å². The fourth-order valence-corrected chi connectivity index (χ4v) is 5.41. The van der Waals surface area contributed by atoms with E-state index in [1.165, 1.54) is 21.0 Å². The molecule has 0 fully saturated rings. The highest BCUT2D eigenvalue weighted by molar-refractivity contribution is 7.88. The minimum atomic E-state index is -3.36. The number of fused-ring (bicyclic) bond motifs is 5. The lowest BCUT2D eigenvalue weighted by Gasteiger charge is -2.34. The number of carbonyl (C=O) groups is 1. The highest BCUT2D eigenvalue weighted by atomic mass is 32.2. The highest BCUT2D eigenvalue weighted by Gasteiger charge is 2.34. The van der Waals surface area contributed by atoms with Gasteiger partial charge in [0, 0.05) is 38.9 Å². The standard InChI is InChI=1S/C20H31N7O3S/c1-25(2)20(28)22-10-6-7-13-11-26(31(3,29)30)12-16-24-17-18(27(13)16)14-8-4-5-9-15(14)23-19(17)21/h13H,4-12H2,1-3H3,(H2,21,23)(H,22,28)/t13-/m0/s1. The van der Waals surface area contributed by atoms with Gasteiger partial charge < -0.3 is 20.5 Å². The van der Waals surface area contributed by atoms with Gasteiger partial charge in [-0.25, -0.2) is 23.2 Å². The van der Waals surface area contributed by atoms with Gasteiger partial charge in [-0.3, -0.25) is 0 Å². The minimum Gasteiger partial charge on any atom is -0.382 e. The number of imidazole rings is 1. The number of aromatic nitrogens is 3. The number of urea groups is 1. The third-order valence-corrected chi connectivity index (χ3v) is 7.39. The molecule has 1 atom stereocenters. The molecule has 2 aliphatic rings. The summed E-state index contributed by atoms with van der Waals surface area (Å²) in [6, 6.07) is -0.212. The van der Waals surface area contributed by atoms with Crippen molar-refractivity contribution in [3.63, 3.8) is 0 Å². The average molecular weight is 450 g/mol. The van der Waals surface area contributed by atoms with Gasteiger partial charge in [0.05, 0.1) is 18.3 Å². The van der Waals surface area contributed by atoms with Crippen LogP contribution < -0.4 is 11.1 Å². The number of sulfonamides is 1. The van der Waals surface area contributed by atoms with Gasteiger partial charge in [-0.15, -0.1) is 0 Å². The number of nitrogens with zero attached hydrogens (tertiary/aromatic N) is 5. The quantitative estimate of drug-likeness (QED) is 0.662. The van der Waals surface area contributed by atoms with Crippen molar-refractivity contribution < 1.29 is 13.2 Å². The van der Waals surface area contributed by atoms with Crippen LogP contribution in [-0.4, -0.2) is 71.6 Å². The lowest BCUT2D eigenvalue weighted by Crippen LogP contribution is -2.41. The van der Waals surface area contributed by atoms with E-state index in [-0.39, 0.29) is 18.6 Å². The molecule has 4 rings (SSSR count). The van der Waals surface area contributed by atoms with Gasteiger partial charge in [0.15, 0.2) is 5.82 Å². The molecule has 2 amide bonds. The maximum absolute atomic E-state index is 12.3. The van der Waals surface area contributed by atoms with Crippen LogP contribution in [0.5, 0.6) is 0 Å². The largest absolute Gasteiger partial charge is 0.382 e. The van der Waals surface area contributed by atoms with Crippen molar-refractivity contribution in [2.75, 3.05) is 39.2 Å². The molecule has 0 radical (unpaired) electrons. The molecular formula is C20H31N7O3S. The van der Waals surface area contributed by atoms with Crippen LogP contribution in [0.3, 0.4) is 0 Å². The second-order valence-electron chi connectivity index (χ2n) is 8.70. The third kappa shape index (κ3) is 4.20. The molecule has 0 spiro atoms. The first-order chi connectivity index (χ1) is 14.7. The summed E-state index contributed by atoms with van der Waals surface area (Å²) in [7, 11) is 0.0357. The Kier molecular flexibility index (Phi) is 5.82. The maximum Gasteiger partial charge on any atom is 0.316 e. The monoisotopic (exact) mass is 449 g/mol. The molecule has 11 heteroatoms. The van der Waals surface area contributed by atoms with Gasteiger partial charge in [0.2, 0.25) is 10.0 Å². The Balaban J connectivity index is 1.70. The van der Waals surface area contributed by atoms with Crippen LogP contribution in [0.2, 0.25) is 0 Å². The molecule has 31 heavy (non-hydrogen) atoms. The Hall–Kier alpha value is -2.40. The molecule has 3 N–H and O–H groups in total. The number of rotatable bonds is 5. The van der Waals surface area contributed by atoms with Crippen molar-refractivity contribution in [1.29, 1.82) is 0 Å². The van der Waals surface area contributed by atoms with Crippen LogP contribution in [0.1, 0.15) is 48.8 Å². The van der Waals surface area contributed by atoms with Crippen LogP contribution in [0.15, 0.2) is 0 Å². The second-order valence-corrected chi connectivity index (χ2v) is 10.7. The van der Waals surface area contributed by atoms with Crippen molar-refractivity contribution >= 4 is 32.9 Å². The van der Waals surface area contributed by atoms with Gasteiger partial charge in [-0.1, -0.05) is 0 Å². The van der Waals surface area contributed by atoms with Crippen LogP contribution in [0, 0.1) is 0 Å². The summed E-state index contributed by atoms with van der Waals surface area (Å²) in [5, 5.41) is 2.88. The molecule has 0 saturated carbocycles. The molecule has 3 heterocycles. The maximum atomic E-state index is 12.3. The average Bonchev–Trinajstić information content (AvgIpc) is 3.11. The highest BCUT2D eigenvalue weighted by Crippen LogP contribution is 2.37. The van der Waals surface area contributed by atoms with E-state index in [0.717, 1.165) is 49.7 Å². The number of aryl methyl sites for hydroxylation is 2. The molecule has 170 valence electrons. The molecule has 0 bridgehead atoms. The number of nitrogens with one attached hydrogen (secondary N) is 1. The summed E-state index contributed by atoms with van der Waals surface area (Å²) in [6.07, 6.45) is 6.72. The number of pyridine rings is 1. The zero-order chi connectivity index (χ0) is 22.3. The van der Waals surface area contributed by atoms with Gasteiger partial charge in [-0.05, 0) is 44.1 Å². The summed E-state index contributed by atoms with van der Waals surface area (Å²) in [4.78, 5) is 22.6. The predicted octanol–water partition coefficient (Wildman–Crippen LogP) is 1.26. The first-order valence-corrected chi connectivity index (χ1v) is 12.6. The molecule has 0 aromatic carbocycles. The summed E-state index contributed by atoms with van der Waals surface area (Å²) in [6.45, 7) is 1.14. The molecule has 0 saturated heterocycles. The lowest BCUT2D eigenvalue weighted by atomic mass is 9.94. The molecular weight excluding hydrogens is 418 g/mol. The Bertz CT molecular complexity index is 1110. The predicted molar refractivity (Wildman–Crippen MR) is 119 cm³/mol. The van der Waals surface area contributed by atoms with Crippen LogP contribution in [0.25, 0.3) is 11.0 Å². The number of hydrogen-bond acceptors (Lipinski definition) is 6. The molecule has 1 aliphatic carbocycles. The normalized spacial score (nSPS) is 19.1. The van der Waals surface area contributed by atoms with E-state index in [2.05, 4.69) is 14.9 Å². The van der Waals surface area contributed by atoms with E-state index >= 15 is 0 Å². The van der Waals surface area contributed by atoms with Crippen molar-refractivity contribution in [1.82, 2.24) is 29.1 Å². The van der Waals surface area contributed by atoms with Crippen molar-refractivity contribution in [2.24, 2.45) is 0 Å². The molecule has 1 aliphatic heterocycles. The number of hydrogen-bond donors (Lipinski definition) is 2. The minimum absolute atomic E-state index is 0.0763. The van der Waals surface area contributed by atoms with Gasteiger partial charge >= 0.3 is 6.03 Å². The number of amides is 2. The zero-order valence-corrected chi connectivity index (χ0v) is 19.2. The second kappa shape index (κ2) is 8.27. The lowest BCUT2D eigenvalue weighted by molar-refractivity contribution is 0.216. The van der Waals surface area contributed by atoms with Crippen LogP contribution in [-0.2, 0) is 29.4 Å². The zero-order valence-electron chi connectivity index (χ0n) is 18.4. The van der Waals surface area contributed by atoms with Gasteiger partial charge in [0.25, 0.3) is 0 Å². The van der Waals surface area contributed by atoms with Crippen molar-refractivity contribution in [2.45, 2.75) is 51.1 Å². The fraction of sp³-hybridized carbons (Fsp3) is 0.650. The van der Waals surface area contributed by atoms with E-state index in [1.54, 1.807) is 14.1 Å². The number of carbonyl (C=O) groups excluding carboxylic acids is 1. The van der Waals surface area contributed by atoms with Crippen LogP contribution in [0.4, 0.5) is 10.6 Å². The molecule has 2 aromatic heterocycles. The Labute approximate surface area is 182 Å². The van der Waals surface area contributed by atoms with Gasteiger partial charge in [0.1, 0.15) is 11.3 Å². The van der Waals surface area contributed by atoms with Crippen molar-refractivity contribution in [3.8, 4) is 0 Å². The molecule has 0 unspecified atom stereocenters.